The molecule has 0 saturated carbocycles. The monoisotopic (exact) mass is 615 g/mol. The van der Waals surface area contributed by atoms with Gasteiger partial charge in [0.15, 0.2) is 7.28 Å². The van der Waals surface area contributed by atoms with Crippen LogP contribution in [0.4, 0.5) is 28.4 Å². The van der Waals surface area contributed by atoms with E-state index < -0.39 is 0 Å². The zero-order valence-electron chi connectivity index (χ0n) is 27.1. The van der Waals surface area contributed by atoms with Gasteiger partial charge < -0.3 is 14.6 Å². The van der Waals surface area contributed by atoms with Crippen LogP contribution in [-0.4, -0.2) is 7.28 Å². The van der Waals surface area contributed by atoms with Gasteiger partial charge in [-0.1, -0.05) is 116 Å². The molecular weight excluding hydrogens is 583 g/mol. The second-order valence-corrected chi connectivity index (χ2v) is 13.7. The summed E-state index contributed by atoms with van der Waals surface area (Å²) in [6.45, 7) is 6.93. The van der Waals surface area contributed by atoms with Gasteiger partial charge in [-0.3, -0.25) is 0 Å². The SMILES string of the molecule is Cc1cc(-c2c(Nc3cccc4oc5ccccc5c34)ccc3ccccc23)c2c(c1)N1c3ccccc3C(C)(C)c3cccc(c31)[B]2. The van der Waals surface area contributed by atoms with Gasteiger partial charge in [0.25, 0.3) is 0 Å². The number of aryl methyl sites for hydroxylation is 1. The summed E-state index contributed by atoms with van der Waals surface area (Å²) < 4.78 is 6.27. The molecule has 8 aromatic rings. The van der Waals surface area contributed by atoms with E-state index in [1.165, 1.54) is 66.6 Å². The Kier molecular flexibility index (Phi) is 5.64. The van der Waals surface area contributed by atoms with Gasteiger partial charge in [-0.2, -0.15) is 0 Å². The third kappa shape index (κ3) is 3.77. The van der Waals surface area contributed by atoms with Crippen molar-refractivity contribution >= 4 is 79.4 Å². The van der Waals surface area contributed by atoms with Crippen molar-refractivity contribution in [2.24, 2.45) is 0 Å². The first-order chi connectivity index (χ1) is 23.5. The van der Waals surface area contributed by atoms with Crippen LogP contribution in [0.2, 0.25) is 0 Å². The molecule has 1 radical (unpaired) electrons. The number of hydrogen-bond donors (Lipinski definition) is 1. The first-order valence-electron chi connectivity index (χ1n) is 16.7. The Morgan fingerprint density at radius 3 is 2.31 bits per heavy atom. The van der Waals surface area contributed by atoms with Crippen LogP contribution in [0.5, 0.6) is 0 Å². The van der Waals surface area contributed by atoms with Crippen molar-refractivity contribution in [1.29, 1.82) is 0 Å². The Labute approximate surface area is 280 Å². The van der Waals surface area contributed by atoms with Crippen molar-refractivity contribution in [3.8, 4) is 11.1 Å². The van der Waals surface area contributed by atoms with Crippen molar-refractivity contribution in [1.82, 2.24) is 0 Å². The Morgan fingerprint density at radius 1 is 0.646 bits per heavy atom. The molecule has 3 heterocycles. The highest BCUT2D eigenvalue weighted by Crippen LogP contribution is 2.52. The van der Waals surface area contributed by atoms with Crippen molar-refractivity contribution in [2.75, 3.05) is 10.2 Å². The zero-order chi connectivity index (χ0) is 32.1. The van der Waals surface area contributed by atoms with Gasteiger partial charge in [0.05, 0.1) is 16.8 Å². The number of furan rings is 1. The molecule has 0 aliphatic carbocycles. The summed E-state index contributed by atoms with van der Waals surface area (Å²) in [7, 11) is 2.42. The van der Waals surface area contributed by atoms with Crippen LogP contribution >= 0.6 is 0 Å². The molecule has 0 atom stereocenters. The van der Waals surface area contributed by atoms with Gasteiger partial charge >= 0.3 is 0 Å². The maximum Gasteiger partial charge on any atom is 0.197 e. The number of rotatable bonds is 3. The standard InChI is InChI=1S/C44H32BN2O/c1-26-24-30(42-37(25-26)47-36-19-8-7-15-31(36)44(2,3)32-16-10-17-33(45-42)43(32)47)40-28-13-5-4-12-27(28)22-23-35(40)46-34-18-11-21-39-41(34)29-14-6-9-20-38(29)48-39/h4-25,46H,1-3H3. The third-order valence-electron chi connectivity index (χ3n) is 10.5. The van der Waals surface area contributed by atoms with Gasteiger partial charge in [-0.15, -0.1) is 0 Å². The Hall–Kier alpha value is -5.74. The van der Waals surface area contributed by atoms with Crippen LogP contribution in [0.1, 0.15) is 30.5 Å². The molecule has 4 heteroatoms. The zero-order valence-corrected chi connectivity index (χ0v) is 27.1. The van der Waals surface area contributed by atoms with Crippen molar-refractivity contribution in [3.05, 3.63) is 150 Å². The molecule has 7 aromatic carbocycles. The van der Waals surface area contributed by atoms with Gasteiger partial charge in [0.1, 0.15) is 11.2 Å². The first-order valence-corrected chi connectivity index (χ1v) is 16.7. The molecule has 0 bridgehead atoms. The number of fused-ring (bicyclic) bond motifs is 8. The second-order valence-electron chi connectivity index (χ2n) is 13.7. The molecule has 0 saturated heterocycles. The Balaban J connectivity index is 1.24. The fraction of sp³-hybridized carbons (Fsp3) is 0.0909. The maximum atomic E-state index is 6.27. The Bertz CT molecular complexity index is 2630. The molecule has 0 spiro atoms. The molecule has 10 rings (SSSR count). The number of benzene rings is 7. The van der Waals surface area contributed by atoms with Gasteiger partial charge in [0, 0.05) is 33.4 Å². The summed E-state index contributed by atoms with van der Waals surface area (Å²) in [4.78, 5) is 2.52. The minimum absolute atomic E-state index is 0.110. The maximum absolute atomic E-state index is 6.27. The molecule has 1 N–H and O–H groups in total. The number of nitrogens with zero attached hydrogens (tertiary/aromatic N) is 1. The first kappa shape index (κ1) is 27.4. The van der Waals surface area contributed by atoms with Crippen LogP contribution in [0.25, 0.3) is 43.8 Å². The molecular formula is C44H32BN2O. The molecule has 227 valence electrons. The quantitative estimate of drug-likeness (QED) is 0.201. The van der Waals surface area contributed by atoms with Crippen LogP contribution in [0.15, 0.2) is 138 Å². The minimum atomic E-state index is -0.110. The molecule has 2 aliphatic heterocycles. The average molecular weight is 616 g/mol. The van der Waals surface area contributed by atoms with Gasteiger partial charge in [-0.05, 0) is 81.8 Å². The van der Waals surface area contributed by atoms with E-state index in [1.54, 1.807) is 0 Å². The number of hydrogen-bond acceptors (Lipinski definition) is 3. The summed E-state index contributed by atoms with van der Waals surface area (Å²) in [5, 5.41) is 8.55. The molecule has 48 heavy (non-hydrogen) atoms. The normalized spacial score (nSPS) is 14.0. The lowest BCUT2D eigenvalue weighted by Gasteiger charge is -2.46. The van der Waals surface area contributed by atoms with Crippen LogP contribution in [-0.2, 0) is 5.41 Å². The lowest BCUT2D eigenvalue weighted by molar-refractivity contribution is 0.632. The van der Waals surface area contributed by atoms with E-state index in [0.29, 0.717) is 0 Å². The van der Waals surface area contributed by atoms with Gasteiger partial charge in [0.2, 0.25) is 0 Å². The fourth-order valence-corrected chi connectivity index (χ4v) is 8.31. The van der Waals surface area contributed by atoms with E-state index in [0.717, 1.165) is 33.3 Å². The molecule has 2 aliphatic rings. The number of nitrogens with one attached hydrogen (secondary N) is 1. The molecule has 0 fully saturated rings. The summed E-state index contributed by atoms with van der Waals surface area (Å²) >= 11 is 0. The Morgan fingerprint density at radius 2 is 1.40 bits per heavy atom. The minimum Gasteiger partial charge on any atom is -0.456 e. The highest BCUT2D eigenvalue weighted by Gasteiger charge is 2.41. The van der Waals surface area contributed by atoms with Crippen molar-refractivity contribution in [2.45, 2.75) is 26.2 Å². The van der Waals surface area contributed by atoms with Crippen LogP contribution in [0, 0.1) is 6.92 Å². The number of para-hydroxylation sites is 3. The molecule has 1 aromatic heterocycles. The van der Waals surface area contributed by atoms with Crippen molar-refractivity contribution in [3.63, 3.8) is 0 Å². The third-order valence-corrected chi connectivity index (χ3v) is 10.5. The highest BCUT2D eigenvalue weighted by molar-refractivity contribution is 6.73. The summed E-state index contributed by atoms with van der Waals surface area (Å²) in [5.41, 5.74) is 16.3. The molecule has 0 unspecified atom stereocenters. The van der Waals surface area contributed by atoms with E-state index in [1.807, 2.05) is 12.1 Å². The smallest absolute Gasteiger partial charge is 0.197 e. The predicted molar refractivity (Wildman–Crippen MR) is 203 cm³/mol. The average Bonchev–Trinajstić information content (AvgIpc) is 3.49. The largest absolute Gasteiger partial charge is 0.456 e. The summed E-state index contributed by atoms with van der Waals surface area (Å²) in [6.07, 6.45) is 0. The fourth-order valence-electron chi connectivity index (χ4n) is 8.31. The van der Waals surface area contributed by atoms with Crippen LogP contribution < -0.4 is 21.1 Å². The van der Waals surface area contributed by atoms with E-state index in [-0.39, 0.29) is 5.41 Å². The van der Waals surface area contributed by atoms with E-state index in [9.17, 15) is 0 Å². The summed E-state index contributed by atoms with van der Waals surface area (Å²) in [5.74, 6) is 0. The van der Waals surface area contributed by atoms with E-state index in [4.69, 9.17) is 4.42 Å². The summed E-state index contributed by atoms with van der Waals surface area (Å²) in [6, 6.07) is 48.2. The topological polar surface area (TPSA) is 28.4 Å². The molecule has 0 amide bonds. The lowest BCUT2D eigenvalue weighted by Crippen LogP contribution is -2.45. The molecule has 3 nitrogen and oxygen atoms in total. The van der Waals surface area contributed by atoms with E-state index >= 15 is 0 Å². The van der Waals surface area contributed by atoms with Crippen LogP contribution in [0.3, 0.4) is 0 Å². The predicted octanol–water partition coefficient (Wildman–Crippen LogP) is 10.5. The van der Waals surface area contributed by atoms with E-state index in [2.05, 4.69) is 160 Å². The van der Waals surface area contributed by atoms with Gasteiger partial charge in [-0.25, -0.2) is 0 Å². The lowest BCUT2D eigenvalue weighted by atomic mass is 9.55. The number of anilines is 5. The highest BCUT2D eigenvalue weighted by atomic mass is 16.3. The van der Waals surface area contributed by atoms with Crippen molar-refractivity contribution < 1.29 is 4.42 Å². The second kappa shape index (κ2) is 9.89.